The Bertz CT molecular complexity index is 2710. The van der Waals surface area contributed by atoms with Gasteiger partial charge in [-0.3, -0.25) is 0 Å². The second-order valence-corrected chi connectivity index (χ2v) is 15.3. The molecule has 0 aliphatic carbocycles. The Hall–Kier alpha value is -8.20. The largest absolute Gasteiger partial charge is 0.101 e. The third-order valence-electron chi connectivity index (χ3n) is 10.0. The van der Waals surface area contributed by atoms with E-state index in [0.717, 1.165) is 44.5 Å². The molecule has 0 heteroatoms. The van der Waals surface area contributed by atoms with E-state index in [1.54, 1.807) is 0 Å². The molecule has 6 aromatic rings. The van der Waals surface area contributed by atoms with Gasteiger partial charge in [-0.1, -0.05) is 257 Å². The topological polar surface area (TPSA) is 0 Å². The minimum atomic E-state index is 0. The van der Waals surface area contributed by atoms with Crippen LogP contribution in [0.3, 0.4) is 0 Å². The van der Waals surface area contributed by atoms with E-state index >= 15 is 0 Å². The van der Waals surface area contributed by atoms with Gasteiger partial charge >= 0.3 is 0 Å². The fourth-order valence-corrected chi connectivity index (χ4v) is 6.21. The Morgan fingerprint density at radius 1 is 0.220 bits per heavy atom. The van der Waals surface area contributed by atoms with Gasteiger partial charge in [-0.25, -0.2) is 0 Å². The molecule has 6 aromatic carbocycles. The molecular formula is C82H112. The third kappa shape index (κ3) is 39.2. The van der Waals surface area contributed by atoms with Crippen molar-refractivity contribution in [2.45, 2.75) is 209 Å². The number of hydrogen-bond donors (Lipinski definition) is 0. The van der Waals surface area contributed by atoms with E-state index in [9.17, 15) is 0 Å². The van der Waals surface area contributed by atoms with E-state index in [1.807, 2.05) is 184 Å². The van der Waals surface area contributed by atoms with Crippen molar-refractivity contribution in [1.29, 1.82) is 0 Å². The highest BCUT2D eigenvalue weighted by molar-refractivity contribution is 5.53. The highest BCUT2D eigenvalue weighted by Gasteiger charge is 2.01. The van der Waals surface area contributed by atoms with Crippen molar-refractivity contribution in [2.75, 3.05) is 0 Å². The Labute approximate surface area is 511 Å². The lowest BCUT2D eigenvalue weighted by Gasteiger charge is -2.03. The van der Waals surface area contributed by atoms with Gasteiger partial charge in [-0.05, 0) is 176 Å². The first-order valence-corrected chi connectivity index (χ1v) is 28.0. The molecule has 82 heavy (non-hydrogen) atoms. The molecule has 0 amide bonds. The second kappa shape index (κ2) is 62.0. The van der Waals surface area contributed by atoms with Crippen molar-refractivity contribution >= 4 is 0 Å². The van der Waals surface area contributed by atoms with Crippen LogP contribution in [-0.2, 0) is 0 Å². The number of aryl methyl sites for hydroxylation is 8. The van der Waals surface area contributed by atoms with Gasteiger partial charge in [0.15, 0.2) is 0 Å². The average molecular weight is 1100 g/mol. The van der Waals surface area contributed by atoms with Crippen LogP contribution in [0, 0.1) is 150 Å². The predicted molar refractivity (Wildman–Crippen MR) is 379 cm³/mol. The van der Waals surface area contributed by atoms with E-state index in [1.165, 1.54) is 44.5 Å². The average Bonchev–Trinajstić information content (AvgIpc) is 3.47. The lowest BCUT2D eigenvalue weighted by atomic mass is 10.0. The predicted octanol–water partition coefficient (Wildman–Crippen LogP) is 23.0. The Morgan fingerprint density at radius 3 is 0.524 bits per heavy atom. The Kier molecular flexibility index (Phi) is 68.3. The lowest BCUT2D eigenvalue weighted by Crippen LogP contribution is -1.89. The van der Waals surface area contributed by atoms with Gasteiger partial charge in [0, 0.05) is 44.5 Å². The molecule has 0 saturated heterocycles. The van der Waals surface area contributed by atoms with Crippen molar-refractivity contribution < 1.29 is 0 Å². The standard InChI is InChI=1S/2C19H16.2C14H14.6C2H6.4CH4/c2*1-16-10-6-8-14-18(16)12-4-3-5-13-19-15-9-7-11-17(19)2;2*1-5-7-13-9-12(4)14(8-6-2)10-11(13)3;6*1-2;;;;/h2*6-11,14-15H,3H2,1-2H3;2*9-10H,1-4H3;6*1-2H3;4*1H4. The molecule has 0 radical (unpaired) electrons. The maximum atomic E-state index is 3.16. The van der Waals surface area contributed by atoms with Crippen molar-refractivity contribution in [3.63, 3.8) is 0 Å². The molecule has 0 unspecified atom stereocenters. The SMILES string of the molecule is C.C.C.C.CC.CC.CC.CC.CC.CC.CC#Cc1cc(C)c(C#CC)cc1C.CC#Cc1cc(C)c(C#CC)cc1C.Cc1ccccc1C#CCC#Cc1ccccc1C.Cc1ccccc1C#CCC#Cc1ccccc1C. The highest BCUT2D eigenvalue weighted by Crippen LogP contribution is 2.16. The zero-order valence-electron chi connectivity index (χ0n) is 53.0. The summed E-state index contributed by atoms with van der Waals surface area (Å²) in [6.45, 7) is 48.0. The fourth-order valence-electron chi connectivity index (χ4n) is 6.21. The molecular weight excluding hydrogens is 985 g/mol. The first kappa shape index (κ1) is 90.3. The van der Waals surface area contributed by atoms with Gasteiger partial charge in [0.2, 0.25) is 0 Å². The van der Waals surface area contributed by atoms with Gasteiger partial charge in [-0.15, -0.1) is 23.7 Å². The summed E-state index contributed by atoms with van der Waals surface area (Å²) in [5.41, 5.74) is 18.4. The molecule has 0 aromatic heterocycles. The number of benzene rings is 6. The molecule has 0 aliphatic heterocycles. The summed E-state index contributed by atoms with van der Waals surface area (Å²) < 4.78 is 0. The minimum absolute atomic E-state index is 0. The van der Waals surface area contributed by atoms with Crippen LogP contribution in [0.15, 0.2) is 121 Å². The van der Waals surface area contributed by atoms with Crippen molar-refractivity contribution in [1.82, 2.24) is 0 Å². The molecule has 0 spiro atoms. The van der Waals surface area contributed by atoms with Crippen LogP contribution >= 0.6 is 0 Å². The molecule has 6 rings (SSSR count). The molecule has 440 valence electrons. The van der Waals surface area contributed by atoms with E-state index in [4.69, 9.17) is 0 Å². The third-order valence-corrected chi connectivity index (χ3v) is 10.0. The van der Waals surface area contributed by atoms with Crippen LogP contribution in [0.4, 0.5) is 0 Å². The molecule has 0 nitrogen and oxygen atoms in total. The van der Waals surface area contributed by atoms with Gasteiger partial charge in [-0.2, -0.15) is 0 Å². The van der Waals surface area contributed by atoms with Gasteiger partial charge in [0.1, 0.15) is 0 Å². The van der Waals surface area contributed by atoms with Crippen LogP contribution in [0.1, 0.15) is 242 Å². The molecule has 0 bridgehead atoms. The van der Waals surface area contributed by atoms with E-state index in [2.05, 4.69) is 199 Å². The molecule has 0 heterocycles. The number of rotatable bonds is 0. The first-order chi connectivity index (χ1) is 37.9. The first-order valence-electron chi connectivity index (χ1n) is 28.0. The highest BCUT2D eigenvalue weighted by atomic mass is 14.0. The second-order valence-electron chi connectivity index (χ2n) is 15.3. The molecule has 0 aliphatic rings. The van der Waals surface area contributed by atoms with Crippen LogP contribution < -0.4 is 0 Å². The quantitative estimate of drug-likeness (QED) is 0.133. The Morgan fingerprint density at radius 2 is 0.378 bits per heavy atom. The summed E-state index contributed by atoms with van der Waals surface area (Å²) >= 11 is 0. The van der Waals surface area contributed by atoms with E-state index in [-0.39, 0.29) is 29.7 Å². The zero-order valence-corrected chi connectivity index (χ0v) is 53.0. The number of hydrogen-bond acceptors (Lipinski definition) is 0. The van der Waals surface area contributed by atoms with Gasteiger partial charge in [0.05, 0.1) is 12.8 Å². The molecule has 0 N–H and O–H groups in total. The smallest absolute Gasteiger partial charge is 0.0710 e. The minimum Gasteiger partial charge on any atom is -0.101 e. The van der Waals surface area contributed by atoms with Gasteiger partial charge < -0.3 is 0 Å². The van der Waals surface area contributed by atoms with Crippen molar-refractivity contribution in [3.05, 3.63) is 210 Å². The summed E-state index contributed by atoms with van der Waals surface area (Å²) in [7, 11) is 0. The summed E-state index contributed by atoms with van der Waals surface area (Å²) in [5.74, 6) is 49.1. The molecule has 0 atom stereocenters. The van der Waals surface area contributed by atoms with Crippen LogP contribution in [0.5, 0.6) is 0 Å². The maximum absolute atomic E-state index is 3.16. The van der Waals surface area contributed by atoms with E-state index < -0.39 is 0 Å². The Balaban J connectivity index is -0.000000138. The van der Waals surface area contributed by atoms with Crippen LogP contribution in [0.2, 0.25) is 0 Å². The molecule has 0 fully saturated rings. The fraction of sp³-hybridized carbons (Fsp3) is 0.366. The van der Waals surface area contributed by atoms with Crippen LogP contribution in [0.25, 0.3) is 0 Å². The van der Waals surface area contributed by atoms with E-state index in [0.29, 0.717) is 12.8 Å². The van der Waals surface area contributed by atoms with Crippen molar-refractivity contribution in [2.24, 2.45) is 0 Å². The summed E-state index contributed by atoms with van der Waals surface area (Å²) in [4.78, 5) is 0. The van der Waals surface area contributed by atoms with Gasteiger partial charge in [0.25, 0.3) is 0 Å². The monoisotopic (exact) mass is 1100 g/mol. The summed E-state index contributed by atoms with van der Waals surface area (Å²) in [6, 6.07) is 41.0. The lowest BCUT2D eigenvalue weighted by molar-refractivity contribution is 1.35. The summed E-state index contributed by atoms with van der Waals surface area (Å²) in [5, 5.41) is 0. The maximum Gasteiger partial charge on any atom is 0.0710 e. The zero-order chi connectivity index (χ0) is 60.1. The van der Waals surface area contributed by atoms with Crippen molar-refractivity contribution in [3.8, 4) is 94.7 Å². The summed E-state index contributed by atoms with van der Waals surface area (Å²) in [6.07, 6.45) is 1.20. The van der Waals surface area contributed by atoms with Crippen LogP contribution in [-0.4, -0.2) is 0 Å². The molecule has 0 saturated carbocycles. The normalized spacial score (nSPS) is 7.41.